The summed E-state index contributed by atoms with van der Waals surface area (Å²) in [7, 11) is 0. The van der Waals surface area contributed by atoms with E-state index in [1.54, 1.807) is 35.3 Å². The van der Waals surface area contributed by atoms with Crippen molar-refractivity contribution in [3.05, 3.63) is 57.6 Å². The summed E-state index contributed by atoms with van der Waals surface area (Å²) in [6.07, 6.45) is 5.01. The van der Waals surface area contributed by atoms with E-state index in [0.29, 0.717) is 11.0 Å². The maximum atomic E-state index is 11.7. The van der Waals surface area contributed by atoms with Crippen LogP contribution in [0.5, 0.6) is 0 Å². The van der Waals surface area contributed by atoms with Crippen LogP contribution in [-0.4, -0.2) is 19.5 Å². The van der Waals surface area contributed by atoms with E-state index in [4.69, 9.17) is 0 Å². The predicted molar refractivity (Wildman–Crippen MR) is 62.3 cm³/mol. The molecule has 6 heteroatoms. The van der Waals surface area contributed by atoms with Gasteiger partial charge in [0.05, 0.1) is 17.4 Å². The minimum Gasteiger partial charge on any atom is -0.309 e. The van der Waals surface area contributed by atoms with Gasteiger partial charge in [0.15, 0.2) is 0 Å². The molecule has 0 aliphatic carbocycles. The van der Waals surface area contributed by atoms with Crippen LogP contribution in [0.1, 0.15) is 0 Å². The van der Waals surface area contributed by atoms with Crippen LogP contribution in [0.15, 0.2) is 46.4 Å². The van der Waals surface area contributed by atoms with Crippen LogP contribution in [0.4, 0.5) is 0 Å². The van der Waals surface area contributed by atoms with E-state index in [-0.39, 0.29) is 0 Å². The number of H-pyrrole nitrogens is 2. The smallest absolute Gasteiger partial charge is 0.309 e. The van der Waals surface area contributed by atoms with Gasteiger partial charge >= 0.3 is 5.69 Å². The molecule has 2 N–H and O–H groups in total. The zero-order chi connectivity index (χ0) is 11.8. The predicted octanol–water partition coefficient (Wildman–Crippen LogP) is 0.402. The lowest BCUT2D eigenvalue weighted by molar-refractivity contribution is 1.04. The van der Waals surface area contributed by atoms with E-state index in [1.165, 1.54) is 0 Å². The van der Waals surface area contributed by atoms with E-state index in [0.717, 1.165) is 5.69 Å². The topological polar surface area (TPSA) is 83.5 Å². The molecule has 3 heterocycles. The van der Waals surface area contributed by atoms with Crippen molar-refractivity contribution in [3.8, 4) is 5.69 Å². The molecule has 0 atom stereocenters. The number of fused-ring (bicyclic) bond motifs is 1. The Hall–Kier alpha value is -2.63. The molecule has 0 unspecified atom stereocenters. The van der Waals surface area contributed by atoms with Crippen molar-refractivity contribution in [1.29, 1.82) is 0 Å². The largest absolute Gasteiger partial charge is 0.326 e. The second-order valence-electron chi connectivity index (χ2n) is 3.57. The van der Waals surface area contributed by atoms with Gasteiger partial charge in [-0.3, -0.25) is 14.8 Å². The average molecular weight is 228 g/mol. The van der Waals surface area contributed by atoms with Crippen molar-refractivity contribution in [2.45, 2.75) is 0 Å². The number of aromatic nitrogens is 4. The summed E-state index contributed by atoms with van der Waals surface area (Å²) in [5.74, 6) is 0. The molecule has 3 rings (SSSR count). The quantitative estimate of drug-likeness (QED) is 0.632. The number of rotatable bonds is 1. The molecule has 0 saturated heterocycles. The molecule has 0 amide bonds. The van der Waals surface area contributed by atoms with Crippen molar-refractivity contribution in [3.63, 3.8) is 0 Å². The van der Waals surface area contributed by atoms with Gasteiger partial charge in [-0.25, -0.2) is 4.79 Å². The van der Waals surface area contributed by atoms with Gasteiger partial charge in [-0.15, -0.1) is 0 Å². The lowest BCUT2D eigenvalue weighted by Crippen LogP contribution is -2.22. The molecule has 0 fully saturated rings. The van der Waals surface area contributed by atoms with E-state index >= 15 is 0 Å². The van der Waals surface area contributed by atoms with E-state index in [9.17, 15) is 9.59 Å². The molecule has 0 saturated carbocycles. The monoisotopic (exact) mass is 228 g/mol. The second-order valence-corrected chi connectivity index (χ2v) is 3.57. The maximum absolute atomic E-state index is 11.7. The highest BCUT2D eigenvalue weighted by molar-refractivity contribution is 5.76. The van der Waals surface area contributed by atoms with Crippen LogP contribution in [-0.2, 0) is 0 Å². The molecule has 6 nitrogen and oxygen atoms in total. The Bertz CT molecular complexity index is 782. The average Bonchev–Trinajstić information content (AvgIpc) is 2.74. The van der Waals surface area contributed by atoms with Crippen molar-refractivity contribution in [1.82, 2.24) is 19.5 Å². The van der Waals surface area contributed by atoms with Gasteiger partial charge in [-0.2, -0.15) is 0 Å². The molecular formula is C11H8N4O2. The third kappa shape index (κ3) is 1.46. The van der Waals surface area contributed by atoms with Crippen molar-refractivity contribution in [2.24, 2.45) is 0 Å². The Morgan fingerprint density at radius 1 is 1.18 bits per heavy atom. The highest BCUT2D eigenvalue weighted by Crippen LogP contribution is 2.13. The first-order valence-electron chi connectivity index (χ1n) is 5.00. The summed E-state index contributed by atoms with van der Waals surface area (Å²) in [6.45, 7) is 0. The van der Waals surface area contributed by atoms with Crippen LogP contribution in [0.25, 0.3) is 16.7 Å². The molecule has 17 heavy (non-hydrogen) atoms. The fourth-order valence-corrected chi connectivity index (χ4v) is 1.79. The van der Waals surface area contributed by atoms with Gasteiger partial charge in [-0.1, -0.05) is 0 Å². The van der Waals surface area contributed by atoms with Crippen LogP contribution < -0.4 is 11.2 Å². The van der Waals surface area contributed by atoms with Crippen LogP contribution in [0.3, 0.4) is 0 Å². The zero-order valence-electron chi connectivity index (χ0n) is 8.68. The Morgan fingerprint density at radius 3 is 2.82 bits per heavy atom. The number of aromatic amines is 2. The van der Waals surface area contributed by atoms with Gasteiger partial charge in [0.25, 0.3) is 5.56 Å². The summed E-state index contributed by atoms with van der Waals surface area (Å²) >= 11 is 0. The number of nitrogens with zero attached hydrogens (tertiary/aromatic N) is 2. The van der Waals surface area contributed by atoms with Gasteiger partial charge in [0.2, 0.25) is 0 Å². The summed E-state index contributed by atoms with van der Waals surface area (Å²) in [4.78, 5) is 31.6. The maximum Gasteiger partial charge on any atom is 0.326 e. The molecule has 3 aromatic rings. The summed E-state index contributed by atoms with van der Waals surface area (Å²) < 4.78 is 1.68. The third-order valence-electron chi connectivity index (χ3n) is 2.50. The SMILES string of the molecule is O=c1[nH]c(=O)c2c(ccn2-c2cccnc2)[nH]1. The number of nitrogens with one attached hydrogen (secondary N) is 2. The molecule has 0 bridgehead atoms. The van der Waals surface area contributed by atoms with E-state index in [1.807, 2.05) is 6.07 Å². The van der Waals surface area contributed by atoms with Crippen LogP contribution in [0, 0.1) is 0 Å². The zero-order valence-corrected chi connectivity index (χ0v) is 8.68. The summed E-state index contributed by atoms with van der Waals surface area (Å²) in [5.41, 5.74) is 0.740. The van der Waals surface area contributed by atoms with Gasteiger partial charge in [0.1, 0.15) is 5.52 Å². The minimum atomic E-state index is -0.508. The second kappa shape index (κ2) is 3.44. The van der Waals surface area contributed by atoms with Gasteiger partial charge < -0.3 is 9.55 Å². The summed E-state index contributed by atoms with van der Waals surface area (Å²) in [6, 6.07) is 5.29. The Labute approximate surface area is 94.6 Å². The lowest BCUT2D eigenvalue weighted by atomic mass is 10.4. The molecule has 0 radical (unpaired) electrons. The Morgan fingerprint density at radius 2 is 2.06 bits per heavy atom. The third-order valence-corrected chi connectivity index (χ3v) is 2.50. The Balaban J connectivity index is 2.40. The van der Waals surface area contributed by atoms with E-state index < -0.39 is 11.2 Å². The van der Waals surface area contributed by atoms with Crippen molar-refractivity contribution < 1.29 is 0 Å². The first-order valence-corrected chi connectivity index (χ1v) is 5.00. The highest BCUT2D eigenvalue weighted by atomic mass is 16.2. The Kier molecular flexibility index (Phi) is 1.94. The van der Waals surface area contributed by atoms with Gasteiger partial charge in [0, 0.05) is 12.4 Å². The fraction of sp³-hybridized carbons (Fsp3) is 0. The summed E-state index contributed by atoms with van der Waals surface area (Å²) in [5, 5.41) is 0. The van der Waals surface area contributed by atoms with Crippen molar-refractivity contribution in [2.75, 3.05) is 0 Å². The first-order chi connectivity index (χ1) is 8.25. The normalized spacial score (nSPS) is 10.8. The molecule has 0 spiro atoms. The van der Waals surface area contributed by atoms with Crippen molar-refractivity contribution >= 4 is 11.0 Å². The number of hydrogen-bond donors (Lipinski definition) is 2. The fourth-order valence-electron chi connectivity index (χ4n) is 1.79. The molecule has 0 aliphatic heterocycles. The molecular weight excluding hydrogens is 220 g/mol. The minimum absolute atomic E-state index is 0.401. The molecule has 3 aromatic heterocycles. The standard InChI is InChI=1S/C11H8N4O2/c16-10-9-8(13-11(17)14-10)3-5-15(9)7-2-1-4-12-6-7/h1-6H,(H2,13,14,16,17). The lowest BCUT2D eigenvalue weighted by Gasteiger charge is -2.02. The van der Waals surface area contributed by atoms with Crippen LogP contribution in [0.2, 0.25) is 0 Å². The number of hydrogen-bond acceptors (Lipinski definition) is 3. The van der Waals surface area contributed by atoms with Gasteiger partial charge in [-0.05, 0) is 18.2 Å². The first kappa shape index (κ1) is 9.59. The highest BCUT2D eigenvalue weighted by Gasteiger charge is 2.07. The molecule has 0 aromatic carbocycles. The van der Waals surface area contributed by atoms with E-state index in [2.05, 4.69) is 15.0 Å². The van der Waals surface area contributed by atoms with Crippen LogP contribution >= 0.6 is 0 Å². The number of pyridine rings is 1. The molecule has 0 aliphatic rings. The molecule has 84 valence electrons.